The molecule has 4 aromatic carbocycles. The number of benzene rings is 4. The van der Waals surface area contributed by atoms with Gasteiger partial charge in [-0.25, -0.2) is 16.8 Å². The van der Waals surface area contributed by atoms with Gasteiger partial charge in [-0.2, -0.15) is 0 Å². The third-order valence-corrected chi connectivity index (χ3v) is 9.50. The molecule has 0 saturated carbocycles. The summed E-state index contributed by atoms with van der Waals surface area (Å²) < 4.78 is 66.7. The number of para-hydroxylation sites is 1. The molecule has 12 heteroatoms. The Morgan fingerprint density at radius 2 is 1.52 bits per heavy atom. The smallest absolute Gasteiger partial charge is 0.265 e. The lowest BCUT2D eigenvalue weighted by molar-refractivity contribution is -0.114. The van der Waals surface area contributed by atoms with Gasteiger partial charge in [-0.1, -0.05) is 36.4 Å². The van der Waals surface area contributed by atoms with Crippen LogP contribution in [0.1, 0.15) is 0 Å². The Balaban J connectivity index is 1.33. The summed E-state index contributed by atoms with van der Waals surface area (Å²) in [5.74, 6) is 0.163. The summed E-state index contributed by atoms with van der Waals surface area (Å²) >= 11 is 0. The van der Waals surface area contributed by atoms with Gasteiger partial charge in [-0.15, -0.1) is 0 Å². The lowest BCUT2D eigenvalue weighted by Crippen LogP contribution is -2.40. The van der Waals surface area contributed by atoms with E-state index in [1.165, 1.54) is 50.6 Å². The number of amides is 1. The van der Waals surface area contributed by atoms with E-state index < -0.39 is 32.5 Å². The highest BCUT2D eigenvalue weighted by molar-refractivity contribution is 7.93. The van der Waals surface area contributed by atoms with Crippen molar-refractivity contribution in [2.45, 2.75) is 9.79 Å². The van der Waals surface area contributed by atoms with Crippen molar-refractivity contribution >= 4 is 43.0 Å². The number of fused-ring (bicyclic) bond motifs is 3. The number of anilines is 3. The first kappa shape index (κ1) is 27.0. The van der Waals surface area contributed by atoms with E-state index in [1.807, 2.05) is 6.07 Å². The monoisotopic (exact) mass is 579 g/mol. The Kier molecular flexibility index (Phi) is 7.13. The standard InChI is InChI=1S/C28H25N3O7S2/c1-37-20-13-16-26(38-2)24(17-20)30-39(33,34)21-14-11-19(12-15-21)29-28(32)18-31-25-9-5-3-7-22(25)23-8-4-6-10-27(23)40(31,35)36/h3-17,30H,18H2,1-2H3,(H,29,32). The number of carbonyl (C=O) groups is 1. The highest BCUT2D eigenvalue weighted by atomic mass is 32.2. The van der Waals surface area contributed by atoms with Gasteiger partial charge in [-0.3, -0.25) is 13.8 Å². The van der Waals surface area contributed by atoms with Gasteiger partial charge in [0, 0.05) is 22.9 Å². The van der Waals surface area contributed by atoms with E-state index in [-0.39, 0.29) is 15.5 Å². The molecule has 0 unspecified atom stereocenters. The minimum atomic E-state index is -4.00. The van der Waals surface area contributed by atoms with Crippen molar-refractivity contribution in [3.05, 3.63) is 91.0 Å². The lowest BCUT2D eigenvalue weighted by atomic mass is 10.0. The number of carbonyl (C=O) groups excluding carboxylic acids is 1. The number of rotatable bonds is 8. The van der Waals surface area contributed by atoms with Crippen LogP contribution in [0.25, 0.3) is 11.1 Å². The van der Waals surface area contributed by atoms with Crippen LogP contribution in [0.2, 0.25) is 0 Å². The molecule has 0 radical (unpaired) electrons. The molecular weight excluding hydrogens is 554 g/mol. The van der Waals surface area contributed by atoms with E-state index in [1.54, 1.807) is 48.5 Å². The summed E-state index contributed by atoms with van der Waals surface area (Å²) in [4.78, 5) is 13.0. The van der Waals surface area contributed by atoms with Gasteiger partial charge in [0.1, 0.15) is 18.0 Å². The second kappa shape index (κ2) is 10.5. The molecular formula is C28H25N3O7S2. The molecule has 4 aromatic rings. The molecule has 1 aliphatic rings. The minimum absolute atomic E-state index is 0.0560. The molecule has 0 aliphatic carbocycles. The molecule has 10 nitrogen and oxygen atoms in total. The highest BCUT2D eigenvalue weighted by Gasteiger charge is 2.35. The van der Waals surface area contributed by atoms with Crippen molar-refractivity contribution in [2.75, 3.05) is 35.1 Å². The Morgan fingerprint density at radius 3 is 2.23 bits per heavy atom. The Labute approximate surface area is 232 Å². The van der Waals surface area contributed by atoms with E-state index in [0.717, 1.165) is 4.31 Å². The lowest BCUT2D eigenvalue weighted by Gasteiger charge is -2.31. The summed E-state index contributed by atoms with van der Waals surface area (Å²) in [6.45, 7) is -0.467. The number of sulfonamides is 2. The van der Waals surface area contributed by atoms with E-state index in [2.05, 4.69) is 10.0 Å². The number of nitrogens with zero attached hydrogens (tertiary/aromatic N) is 1. The van der Waals surface area contributed by atoms with Crippen molar-refractivity contribution in [3.8, 4) is 22.6 Å². The van der Waals surface area contributed by atoms with Crippen LogP contribution in [0.5, 0.6) is 11.5 Å². The van der Waals surface area contributed by atoms with Crippen LogP contribution in [0.4, 0.5) is 17.1 Å². The molecule has 2 N–H and O–H groups in total. The van der Waals surface area contributed by atoms with Gasteiger partial charge in [0.15, 0.2) is 0 Å². The largest absolute Gasteiger partial charge is 0.497 e. The van der Waals surface area contributed by atoms with Crippen LogP contribution in [0.3, 0.4) is 0 Å². The van der Waals surface area contributed by atoms with Crippen LogP contribution >= 0.6 is 0 Å². The summed E-state index contributed by atoms with van der Waals surface area (Å²) in [5.41, 5.74) is 2.17. The van der Waals surface area contributed by atoms with E-state index >= 15 is 0 Å². The Hall–Kier alpha value is -4.55. The molecule has 0 aromatic heterocycles. The van der Waals surface area contributed by atoms with Crippen LogP contribution < -0.4 is 23.8 Å². The zero-order valence-electron chi connectivity index (χ0n) is 21.5. The molecule has 0 saturated heterocycles. The van der Waals surface area contributed by atoms with Gasteiger partial charge in [0.2, 0.25) is 5.91 Å². The fraction of sp³-hybridized carbons (Fsp3) is 0.107. The average molecular weight is 580 g/mol. The molecule has 1 aliphatic heterocycles. The van der Waals surface area contributed by atoms with Crippen LogP contribution in [-0.2, 0) is 24.8 Å². The van der Waals surface area contributed by atoms with Crippen molar-refractivity contribution < 1.29 is 31.1 Å². The molecule has 0 atom stereocenters. The number of hydrogen-bond acceptors (Lipinski definition) is 7. The van der Waals surface area contributed by atoms with Gasteiger partial charge in [-0.05, 0) is 48.5 Å². The number of hydrogen-bond donors (Lipinski definition) is 2. The van der Waals surface area contributed by atoms with Crippen LogP contribution in [0.15, 0.2) is 101 Å². The molecule has 1 heterocycles. The third kappa shape index (κ3) is 5.06. The Bertz CT molecular complexity index is 1810. The maximum atomic E-state index is 13.4. The van der Waals surface area contributed by atoms with Gasteiger partial charge < -0.3 is 14.8 Å². The highest BCUT2D eigenvalue weighted by Crippen LogP contribution is 2.42. The first-order chi connectivity index (χ1) is 19.1. The Morgan fingerprint density at radius 1 is 0.850 bits per heavy atom. The summed E-state index contributed by atoms with van der Waals surface area (Å²) in [5, 5.41) is 2.65. The van der Waals surface area contributed by atoms with E-state index in [0.29, 0.717) is 34.0 Å². The maximum Gasteiger partial charge on any atom is 0.265 e. The van der Waals surface area contributed by atoms with Gasteiger partial charge >= 0.3 is 0 Å². The fourth-order valence-electron chi connectivity index (χ4n) is 4.40. The topological polar surface area (TPSA) is 131 Å². The third-order valence-electron chi connectivity index (χ3n) is 6.30. The average Bonchev–Trinajstić information content (AvgIpc) is 2.95. The van der Waals surface area contributed by atoms with Gasteiger partial charge in [0.25, 0.3) is 20.0 Å². The van der Waals surface area contributed by atoms with E-state index in [9.17, 15) is 21.6 Å². The summed E-state index contributed by atoms with van der Waals surface area (Å²) in [7, 11) is -5.10. The zero-order valence-corrected chi connectivity index (χ0v) is 23.1. The molecule has 0 spiro atoms. The second-order valence-electron chi connectivity index (χ2n) is 8.77. The maximum absolute atomic E-state index is 13.4. The van der Waals surface area contributed by atoms with Crippen molar-refractivity contribution in [2.24, 2.45) is 0 Å². The zero-order chi connectivity index (χ0) is 28.5. The van der Waals surface area contributed by atoms with Crippen molar-refractivity contribution in [1.82, 2.24) is 0 Å². The van der Waals surface area contributed by atoms with Crippen molar-refractivity contribution in [1.29, 1.82) is 0 Å². The predicted molar refractivity (Wildman–Crippen MR) is 152 cm³/mol. The quantitative estimate of drug-likeness (QED) is 0.318. The normalized spacial score (nSPS) is 13.5. The molecule has 40 heavy (non-hydrogen) atoms. The second-order valence-corrected chi connectivity index (χ2v) is 12.3. The summed E-state index contributed by atoms with van der Waals surface area (Å²) in [6, 6.07) is 23.8. The first-order valence-corrected chi connectivity index (χ1v) is 14.9. The predicted octanol–water partition coefficient (Wildman–Crippen LogP) is 4.32. The molecule has 206 valence electrons. The van der Waals surface area contributed by atoms with E-state index in [4.69, 9.17) is 9.47 Å². The molecule has 5 rings (SSSR count). The number of ether oxygens (including phenoxy) is 2. The minimum Gasteiger partial charge on any atom is -0.497 e. The van der Waals surface area contributed by atoms with Crippen LogP contribution in [0, 0.1) is 0 Å². The van der Waals surface area contributed by atoms with Crippen LogP contribution in [-0.4, -0.2) is 43.5 Å². The van der Waals surface area contributed by atoms with Crippen molar-refractivity contribution in [3.63, 3.8) is 0 Å². The fourth-order valence-corrected chi connectivity index (χ4v) is 7.11. The molecule has 0 bridgehead atoms. The molecule has 1 amide bonds. The number of methoxy groups -OCH3 is 2. The SMILES string of the molecule is COc1ccc(OC)c(NS(=O)(=O)c2ccc(NC(=O)CN3c4ccccc4-c4ccccc4S3(=O)=O)cc2)c1. The number of nitrogens with one attached hydrogen (secondary N) is 2. The summed E-state index contributed by atoms with van der Waals surface area (Å²) in [6.07, 6.45) is 0. The molecule has 0 fully saturated rings. The van der Waals surface area contributed by atoms with Gasteiger partial charge in [0.05, 0.1) is 35.4 Å². The first-order valence-electron chi connectivity index (χ1n) is 12.0.